The molecular formula is C16H15BrN2O4S. The predicted molar refractivity (Wildman–Crippen MR) is 94.6 cm³/mol. The molecule has 1 aliphatic heterocycles. The Bertz CT molecular complexity index is 881. The van der Waals surface area contributed by atoms with Gasteiger partial charge in [0.15, 0.2) is 0 Å². The maximum absolute atomic E-state index is 12.4. The number of carbonyl (C=O) groups excluding carboxylic acids is 1. The first-order chi connectivity index (χ1) is 11.4. The summed E-state index contributed by atoms with van der Waals surface area (Å²) in [4.78, 5) is 13.4. The van der Waals surface area contributed by atoms with E-state index in [1.807, 2.05) is 0 Å². The van der Waals surface area contributed by atoms with Crippen molar-refractivity contribution in [1.82, 2.24) is 0 Å². The van der Waals surface area contributed by atoms with Crippen LogP contribution in [-0.4, -0.2) is 26.0 Å². The highest BCUT2D eigenvalue weighted by Gasteiger charge is 2.22. The number of aromatic hydroxyl groups is 1. The maximum atomic E-state index is 12.4. The van der Waals surface area contributed by atoms with Gasteiger partial charge in [-0.1, -0.05) is 15.9 Å². The van der Waals surface area contributed by atoms with Crippen molar-refractivity contribution in [2.75, 3.05) is 16.2 Å². The first-order valence-corrected chi connectivity index (χ1v) is 9.56. The lowest BCUT2D eigenvalue weighted by atomic mass is 10.3. The Hall–Kier alpha value is -2.06. The first kappa shape index (κ1) is 16.8. The first-order valence-electron chi connectivity index (χ1n) is 7.28. The molecular weight excluding hydrogens is 396 g/mol. The summed E-state index contributed by atoms with van der Waals surface area (Å²) >= 11 is 3.23. The molecule has 1 fully saturated rings. The number of phenols is 1. The highest BCUT2D eigenvalue weighted by atomic mass is 79.9. The van der Waals surface area contributed by atoms with Crippen LogP contribution in [0.15, 0.2) is 51.8 Å². The maximum Gasteiger partial charge on any atom is 0.262 e. The van der Waals surface area contributed by atoms with Crippen molar-refractivity contribution in [2.45, 2.75) is 17.7 Å². The average Bonchev–Trinajstić information content (AvgIpc) is 2.97. The fourth-order valence-electron chi connectivity index (χ4n) is 2.52. The van der Waals surface area contributed by atoms with E-state index in [9.17, 15) is 18.3 Å². The molecule has 0 unspecified atom stereocenters. The van der Waals surface area contributed by atoms with Gasteiger partial charge in [-0.2, -0.15) is 0 Å². The molecule has 24 heavy (non-hydrogen) atoms. The Morgan fingerprint density at radius 1 is 1.12 bits per heavy atom. The smallest absolute Gasteiger partial charge is 0.262 e. The lowest BCUT2D eigenvalue weighted by molar-refractivity contribution is -0.117. The average molecular weight is 411 g/mol. The number of nitrogens with one attached hydrogen (secondary N) is 1. The molecule has 8 heteroatoms. The summed E-state index contributed by atoms with van der Waals surface area (Å²) in [5.41, 5.74) is 0.768. The van der Waals surface area contributed by atoms with E-state index in [1.54, 1.807) is 23.1 Å². The van der Waals surface area contributed by atoms with Crippen LogP contribution in [0.2, 0.25) is 0 Å². The molecule has 0 saturated carbocycles. The molecule has 3 rings (SSSR count). The Labute approximate surface area is 148 Å². The number of anilines is 2. The quantitative estimate of drug-likeness (QED) is 0.758. The van der Waals surface area contributed by atoms with Crippen molar-refractivity contribution in [3.8, 4) is 5.75 Å². The van der Waals surface area contributed by atoms with Gasteiger partial charge in [0.2, 0.25) is 5.91 Å². The molecule has 2 aromatic rings. The summed E-state index contributed by atoms with van der Waals surface area (Å²) in [6.07, 6.45) is 1.33. The molecule has 1 amide bonds. The zero-order valence-corrected chi connectivity index (χ0v) is 15.0. The van der Waals surface area contributed by atoms with Crippen molar-refractivity contribution in [3.05, 3.63) is 46.9 Å². The van der Waals surface area contributed by atoms with Gasteiger partial charge in [-0.15, -0.1) is 0 Å². The number of amides is 1. The number of hydrogen-bond acceptors (Lipinski definition) is 4. The van der Waals surface area contributed by atoms with Crippen LogP contribution in [0, 0.1) is 0 Å². The van der Waals surface area contributed by atoms with Gasteiger partial charge in [-0.25, -0.2) is 8.42 Å². The van der Waals surface area contributed by atoms with Gasteiger partial charge in [0.1, 0.15) is 5.75 Å². The number of rotatable bonds is 4. The summed E-state index contributed by atoms with van der Waals surface area (Å²) in [6, 6.07) is 10.6. The number of carbonyl (C=O) groups is 1. The monoisotopic (exact) mass is 410 g/mol. The molecule has 1 heterocycles. The standard InChI is InChI=1S/C16H15BrN2O4S/c17-11-3-8-15(20)14(10-11)18-24(22,23)13-6-4-12(5-7-13)19-9-1-2-16(19)21/h3-8,10,18,20H,1-2,9H2. The van der Waals surface area contributed by atoms with Crippen LogP contribution < -0.4 is 9.62 Å². The second-order valence-electron chi connectivity index (χ2n) is 5.41. The number of hydrogen-bond donors (Lipinski definition) is 2. The number of phenolic OH excluding ortho intramolecular Hbond substituents is 1. The topological polar surface area (TPSA) is 86.7 Å². The zero-order chi connectivity index (χ0) is 17.3. The van der Waals surface area contributed by atoms with Crippen LogP contribution in [0.25, 0.3) is 0 Å². The molecule has 1 aliphatic rings. The van der Waals surface area contributed by atoms with Crippen LogP contribution in [0.3, 0.4) is 0 Å². The molecule has 2 N–H and O–H groups in total. The second kappa shape index (κ2) is 6.45. The van der Waals surface area contributed by atoms with Crippen LogP contribution in [-0.2, 0) is 14.8 Å². The molecule has 6 nitrogen and oxygen atoms in total. The molecule has 0 aromatic heterocycles. The Kier molecular flexibility index (Phi) is 4.51. The highest BCUT2D eigenvalue weighted by molar-refractivity contribution is 9.10. The van der Waals surface area contributed by atoms with Crippen LogP contribution in [0.5, 0.6) is 5.75 Å². The van der Waals surface area contributed by atoms with Gasteiger partial charge in [0.25, 0.3) is 10.0 Å². The highest BCUT2D eigenvalue weighted by Crippen LogP contribution is 2.29. The lowest BCUT2D eigenvalue weighted by Crippen LogP contribution is -2.23. The molecule has 1 saturated heterocycles. The van der Waals surface area contributed by atoms with E-state index >= 15 is 0 Å². The van der Waals surface area contributed by atoms with Crippen LogP contribution in [0.4, 0.5) is 11.4 Å². The molecule has 0 aliphatic carbocycles. The normalized spacial score (nSPS) is 14.9. The number of benzene rings is 2. The SMILES string of the molecule is O=C1CCCN1c1ccc(S(=O)(=O)Nc2cc(Br)ccc2O)cc1. The molecule has 0 radical (unpaired) electrons. The molecule has 126 valence electrons. The van der Waals surface area contributed by atoms with E-state index in [0.717, 1.165) is 6.42 Å². The van der Waals surface area contributed by atoms with Gasteiger partial charge in [0, 0.05) is 23.1 Å². The summed E-state index contributed by atoms with van der Waals surface area (Å²) < 4.78 is 27.9. The summed E-state index contributed by atoms with van der Waals surface area (Å²) in [5.74, 6) is -0.121. The third-order valence-electron chi connectivity index (χ3n) is 3.74. The van der Waals surface area contributed by atoms with Gasteiger partial charge in [-0.05, 0) is 48.9 Å². The summed E-state index contributed by atoms with van der Waals surface area (Å²) in [5, 5.41) is 9.77. The van der Waals surface area contributed by atoms with E-state index < -0.39 is 10.0 Å². The lowest BCUT2D eigenvalue weighted by Gasteiger charge is -2.16. The number of sulfonamides is 1. The molecule has 0 atom stereocenters. The number of halogens is 1. The van der Waals surface area contributed by atoms with Gasteiger partial charge >= 0.3 is 0 Å². The van der Waals surface area contributed by atoms with E-state index in [0.29, 0.717) is 23.1 Å². The minimum Gasteiger partial charge on any atom is -0.506 e. The molecule has 2 aromatic carbocycles. The van der Waals surface area contributed by atoms with Crippen molar-refractivity contribution < 1.29 is 18.3 Å². The van der Waals surface area contributed by atoms with E-state index in [1.165, 1.54) is 24.3 Å². The van der Waals surface area contributed by atoms with Gasteiger partial charge in [0.05, 0.1) is 10.6 Å². The Morgan fingerprint density at radius 3 is 2.46 bits per heavy atom. The van der Waals surface area contributed by atoms with Crippen molar-refractivity contribution >= 4 is 43.2 Å². The van der Waals surface area contributed by atoms with Crippen molar-refractivity contribution in [2.24, 2.45) is 0 Å². The number of nitrogens with zero attached hydrogens (tertiary/aromatic N) is 1. The van der Waals surface area contributed by atoms with Crippen LogP contribution in [0.1, 0.15) is 12.8 Å². The van der Waals surface area contributed by atoms with Gasteiger partial charge in [-0.3, -0.25) is 9.52 Å². The minimum atomic E-state index is -3.84. The van der Waals surface area contributed by atoms with E-state index in [4.69, 9.17) is 0 Å². The molecule has 0 bridgehead atoms. The van der Waals surface area contributed by atoms with Gasteiger partial charge < -0.3 is 10.0 Å². The third-order valence-corrected chi connectivity index (χ3v) is 5.61. The second-order valence-corrected chi connectivity index (χ2v) is 8.01. The van der Waals surface area contributed by atoms with E-state index in [2.05, 4.69) is 20.7 Å². The van der Waals surface area contributed by atoms with Crippen molar-refractivity contribution in [3.63, 3.8) is 0 Å². The van der Waals surface area contributed by atoms with E-state index in [-0.39, 0.29) is 22.2 Å². The fourth-order valence-corrected chi connectivity index (χ4v) is 3.95. The predicted octanol–water partition coefficient (Wildman–Crippen LogP) is 3.08. The Morgan fingerprint density at radius 2 is 1.83 bits per heavy atom. The van der Waals surface area contributed by atoms with Crippen molar-refractivity contribution in [1.29, 1.82) is 0 Å². The summed E-state index contributed by atoms with van der Waals surface area (Å²) in [6.45, 7) is 0.648. The van der Waals surface area contributed by atoms with Crippen LogP contribution >= 0.6 is 15.9 Å². The Balaban J connectivity index is 1.84. The largest absolute Gasteiger partial charge is 0.506 e. The third kappa shape index (κ3) is 3.39. The zero-order valence-electron chi connectivity index (χ0n) is 12.6. The molecule has 0 spiro atoms. The fraction of sp³-hybridized carbons (Fsp3) is 0.188. The minimum absolute atomic E-state index is 0.0443. The summed E-state index contributed by atoms with van der Waals surface area (Å²) in [7, 11) is -3.84.